The van der Waals surface area contributed by atoms with E-state index in [4.69, 9.17) is 20.8 Å². The Hall–Kier alpha value is -1.92. The number of benzene rings is 1. The Morgan fingerprint density at radius 2 is 2.00 bits per heavy atom. The van der Waals surface area contributed by atoms with Gasteiger partial charge in [0.1, 0.15) is 0 Å². The van der Waals surface area contributed by atoms with E-state index in [2.05, 4.69) is 10.2 Å². The van der Waals surface area contributed by atoms with Gasteiger partial charge >= 0.3 is 0 Å². The van der Waals surface area contributed by atoms with Crippen LogP contribution in [0.4, 0.5) is 0 Å². The monoisotopic (exact) mass is 321 g/mol. The number of amides is 1. The van der Waals surface area contributed by atoms with E-state index in [9.17, 15) is 4.79 Å². The quantitative estimate of drug-likeness (QED) is 0.863. The van der Waals surface area contributed by atoms with Crippen molar-refractivity contribution >= 4 is 17.5 Å². The number of carbonyl (C=O) groups excluding carboxylic acids is 1. The van der Waals surface area contributed by atoms with Gasteiger partial charge in [0.05, 0.1) is 23.8 Å². The third-order valence-electron chi connectivity index (χ3n) is 3.49. The van der Waals surface area contributed by atoms with E-state index in [1.807, 2.05) is 18.2 Å². The van der Waals surface area contributed by atoms with Crippen LogP contribution in [0.25, 0.3) is 11.5 Å². The van der Waals surface area contributed by atoms with Gasteiger partial charge < -0.3 is 14.1 Å². The van der Waals surface area contributed by atoms with E-state index in [1.165, 1.54) is 0 Å². The maximum atomic E-state index is 12.1. The van der Waals surface area contributed by atoms with Crippen LogP contribution in [0.5, 0.6) is 0 Å². The average molecular weight is 322 g/mol. The van der Waals surface area contributed by atoms with Crippen molar-refractivity contribution in [3.05, 3.63) is 35.2 Å². The number of aryl methyl sites for hydroxylation is 1. The van der Waals surface area contributed by atoms with Crippen LogP contribution in [-0.2, 0) is 16.0 Å². The van der Waals surface area contributed by atoms with Crippen molar-refractivity contribution in [2.24, 2.45) is 0 Å². The summed E-state index contributed by atoms with van der Waals surface area (Å²) in [6, 6.07) is 7.28. The first-order valence-corrected chi connectivity index (χ1v) is 7.54. The second-order valence-corrected chi connectivity index (χ2v) is 5.38. The molecule has 2 heterocycles. The molecule has 116 valence electrons. The maximum absolute atomic E-state index is 12.1. The Labute approximate surface area is 133 Å². The topological polar surface area (TPSA) is 68.5 Å². The number of hydrogen-bond acceptors (Lipinski definition) is 5. The molecule has 7 heteroatoms. The van der Waals surface area contributed by atoms with E-state index < -0.39 is 0 Å². The highest BCUT2D eigenvalue weighted by atomic mass is 35.5. The molecular weight excluding hydrogens is 306 g/mol. The van der Waals surface area contributed by atoms with Gasteiger partial charge in [-0.25, -0.2) is 0 Å². The third-order valence-corrected chi connectivity index (χ3v) is 3.82. The number of halogens is 1. The Kier molecular flexibility index (Phi) is 4.70. The lowest BCUT2D eigenvalue weighted by atomic mass is 10.2. The normalized spacial score (nSPS) is 15.0. The molecule has 0 N–H and O–H groups in total. The Bertz CT molecular complexity index is 653. The molecule has 0 saturated carbocycles. The fourth-order valence-corrected chi connectivity index (χ4v) is 2.50. The maximum Gasteiger partial charge on any atom is 0.249 e. The fraction of sp³-hybridized carbons (Fsp3) is 0.400. The van der Waals surface area contributed by atoms with E-state index in [1.54, 1.807) is 11.0 Å². The standard InChI is InChI=1S/C15H16ClN3O3/c16-12-4-2-1-3-11(12)15-18-17-13(22-15)5-6-14(20)19-7-9-21-10-8-19/h1-4H,5-10H2. The molecule has 3 rings (SSSR count). The number of hydrogen-bond donors (Lipinski definition) is 0. The van der Waals surface area contributed by atoms with Crippen molar-refractivity contribution < 1.29 is 13.9 Å². The lowest BCUT2D eigenvalue weighted by Crippen LogP contribution is -2.40. The summed E-state index contributed by atoms with van der Waals surface area (Å²) < 4.78 is 10.8. The number of aromatic nitrogens is 2. The van der Waals surface area contributed by atoms with Gasteiger partial charge in [-0.3, -0.25) is 4.79 Å². The SMILES string of the molecule is O=C(CCc1nnc(-c2ccccc2Cl)o1)N1CCOCC1. The Balaban J connectivity index is 1.60. The van der Waals surface area contributed by atoms with Crippen molar-refractivity contribution in [2.75, 3.05) is 26.3 Å². The van der Waals surface area contributed by atoms with E-state index in [0.29, 0.717) is 61.5 Å². The molecule has 6 nitrogen and oxygen atoms in total. The highest BCUT2D eigenvalue weighted by Gasteiger charge is 2.18. The molecule has 1 fully saturated rings. The second kappa shape index (κ2) is 6.89. The van der Waals surface area contributed by atoms with Crippen LogP contribution in [0.1, 0.15) is 12.3 Å². The summed E-state index contributed by atoms with van der Waals surface area (Å²) in [7, 11) is 0. The molecule has 0 spiro atoms. The molecule has 0 radical (unpaired) electrons. The molecule has 1 aromatic heterocycles. The summed E-state index contributed by atoms with van der Waals surface area (Å²) in [5.41, 5.74) is 0.697. The highest BCUT2D eigenvalue weighted by molar-refractivity contribution is 6.33. The van der Waals surface area contributed by atoms with Crippen LogP contribution in [0.3, 0.4) is 0 Å². The van der Waals surface area contributed by atoms with Crippen molar-refractivity contribution in [3.63, 3.8) is 0 Å². The predicted molar refractivity (Wildman–Crippen MR) is 80.5 cm³/mol. The first-order valence-electron chi connectivity index (χ1n) is 7.17. The minimum Gasteiger partial charge on any atom is -0.421 e. The predicted octanol–water partition coefficient (Wildman–Crippen LogP) is 2.18. The zero-order valence-corrected chi connectivity index (χ0v) is 12.8. The van der Waals surface area contributed by atoms with Crippen LogP contribution in [-0.4, -0.2) is 47.3 Å². The Morgan fingerprint density at radius 3 is 2.77 bits per heavy atom. The molecule has 22 heavy (non-hydrogen) atoms. The van der Waals surface area contributed by atoms with Gasteiger partial charge in [0, 0.05) is 25.9 Å². The van der Waals surface area contributed by atoms with Crippen molar-refractivity contribution in [2.45, 2.75) is 12.8 Å². The number of carbonyl (C=O) groups is 1. The molecule has 0 atom stereocenters. The van der Waals surface area contributed by atoms with Crippen LogP contribution in [0.2, 0.25) is 5.02 Å². The Morgan fingerprint density at radius 1 is 1.23 bits per heavy atom. The van der Waals surface area contributed by atoms with Gasteiger partial charge in [0.2, 0.25) is 17.7 Å². The van der Waals surface area contributed by atoms with Gasteiger partial charge in [-0.05, 0) is 12.1 Å². The van der Waals surface area contributed by atoms with Crippen molar-refractivity contribution in [1.29, 1.82) is 0 Å². The van der Waals surface area contributed by atoms with Crippen LogP contribution < -0.4 is 0 Å². The van der Waals surface area contributed by atoms with E-state index in [0.717, 1.165) is 0 Å². The number of morpholine rings is 1. The molecular formula is C15H16ClN3O3. The molecule has 0 aliphatic carbocycles. The van der Waals surface area contributed by atoms with E-state index in [-0.39, 0.29) is 5.91 Å². The summed E-state index contributed by atoms with van der Waals surface area (Å²) in [6.45, 7) is 2.49. The van der Waals surface area contributed by atoms with Crippen LogP contribution in [0.15, 0.2) is 28.7 Å². The van der Waals surface area contributed by atoms with Gasteiger partial charge in [-0.15, -0.1) is 10.2 Å². The summed E-state index contributed by atoms with van der Waals surface area (Å²) in [5.74, 6) is 0.900. The van der Waals surface area contributed by atoms with Crippen LogP contribution in [0, 0.1) is 0 Å². The van der Waals surface area contributed by atoms with Crippen molar-refractivity contribution in [1.82, 2.24) is 15.1 Å². The average Bonchev–Trinajstić information content (AvgIpc) is 3.02. The lowest BCUT2D eigenvalue weighted by Gasteiger charge is -2.26. The van der Waals surface area contributed by atoms with Gasteiger partial charge in [-0.1, -0.05) is 23.7 Å². The number of nitrogens with zero attached hydrogens (tertiary/aromatic N) is 3. The van der Waals surface area contributed by atoms with Gasteiger partial charge in [0.15, 0.2) is 0 Å². The van der Waals surface area contributed by atoms with Crippen molar-refractivity contribution in [3.8, 4) is 11.5 Å². The molecule has 1 aliphatic rings. The third kappa shape index (κ3) is 3.45. The second-order valence-electron chi connectivity index (χ2n) is 4.97. The molecule has 2 aromatic rings. The summed E-state index contributed by atoms with van der Waals surface area (Å²) in [6.07, 6.45) is 0.776. The highest BCUT2D eigenvalue weighted by Crippen LogP contribution is 2.26. The van der Waals surface area contributed by atoms with Gasteiger partial charge in [-0.2, -0.15) is 0 Å². The first-order chi connectivity index (χ1) is 10.7. The number of ether oxygens (including phenoxy) is 1. The lowest BCUT2D eigenvalue weighted by molar-refractivity contribution is -0.135. The zero-order chi connectivity index (χ0) is 15.4. The minimum atomic E-state index is 0.0841. The van der Waals surface area contributed by atoms with Crippen LogP contribution >= 0.6 is 11.6 Å². The number of rotatable bonds is 4. The summed E-state index contributed by atoms with van der Waals surface area (Å²) in [5, 5.41) is 8.53. The van der Waals surface area contributed by atoms with Gasteiger partial charge in [0.25, 0.3) is 0 Å². The first kappa shape index (κ1) is 15.0. The fourth-order valence-electron chi connectivity index (χ4n) is 2.28. The summed E-state index contributed by atoms with van der Waals surface area (Å²) >= 11 is 6.10. The molecule has 0 unspecified atom stereocenters. The molecule has 1 aromatic carbocycles. The zero-order valence-electron chi connectivity index (χ0n) is 12.0. The van der Waals surface area contributed by atoms with E-state index >= 15 is 0 Å². The largest absolute Gasteiger partial charge is 0.421 e. The molecule has 1 aliphatic heterocycles. The molecule has 0 bridgehead atoms. The summed E-state index contributed by atoms with van der Waals surface area (Å²) in [4.78, 5) is 13.9. The smallest absolute Gasteiger partial charge is 0.249 e. The molecule has 1 amide bonds. The molecule has 1 saturated heterocycles. The minimum absolute atomic E-state index is 0.0841.